The number of nitrogens with two attached hydrogens (primary N) is 2. The second kappa shape index (κ2) is 19.3. The molecular weight excluding hydrogens is 735 g/mol. The fourth-order valence-corrected chi connectivity index (χ4v) is 4.47. The second-order valence-electron chi connectivity index (χ2n) is 11.6. The number of carbonyl (C=O) groups is 4. The van der Waals surface area contributed by atoms with Crippen molar-refractivity contribution in [1.29, 1.82) is 0 Å². The first-order valence-corrected chi connectivity index (χ1v) is 16.2. The van der Waals surface area contributed by atoms with E-state index in [0.717, 1.165) is 12.8 Å². The van der Waals surface area contributed by atoms with Gasteiger partial charge in [0.05, 0.1) is 30.9 Å². The average Bonchev–Trinajstić information content (AvgIpc) is 3.10. The van der Waals surface area contributed by atoms with Gasteiger partial charge in [0.25, 0.3) is 0 Å². The second-order valence-corrected chi connectivity index (χ2v) is 11.6. The highest BCUT2D eigenvalue weighted by Gasteiger charge is 2.72. The monoisotopic (exact) mass is 771 g/mol. The molecule has 0 radical (unpaired) electrons. The minimum absolute atomic E-state index is 0.0666. The van der Waals surface area contributed by atoms with Gasteiger partial charge < -0.3 is 30.4 Å². The van der Waals surface area contributed by atoms with E-state index in [0.29, 0.717) is 29.8 Å². The highest BCUT2D eigenvalue weighted by Crippen LogP contribution is 2.48. The Kier molecular flexibility index (Phi) is 15.2. The van der Waals surface area contributed by atoms with E-state index in [-0.39, 0.29) is 35.8 Å². The Morgan fingerprint density at radius 3 is 1.81 bits per heavy atom. The summed E-state index contributed by atoms with van der Waals surface area (Å²) in [5, 5.41) is 2.18. The molecule has 0 unspecified atom stereocenters. The molecule has 3 aromatic carbocycles. The van der Waals surface area contributed by atoms with Gasteiger partial charge in [-0.25, -0.2) is 19.2 Å². The van der Waals surface area contributed by atoms with E-state index >= 15 is 0 Å². The molecular formula is C36H36F7N3O8. The van der Waals surface area contributed by atoms with Crippen molar-refractivity contribution in [1.82, 2.24) is 0 Å². The highest BCUT2D eigenvalue weighted by molar-refractivity contribution is 5.93. The Morgan fingerprint density at radius 2 is 1.22 bits per heavy atom. The molecule has 0 aromatic heterocycles. The van der Waals surface area contributed by atoms with E-state index in [1.165, 1.54) is 66.7 Å². The van der Waals surface area contributed by atoms with Crippen LogP contribution in [-0.2, 0) is 19.0 Å². The maximum Gasteiger partial charge on any atom is 0.459 e. The first-order chi connectivity index (χ1) is 25.4. The normalized spacial score (nSPS) is 11.9. The van der Waals surface area contributed by atoms with Crippen LogP contribution in [-0.4, -0.2) is 61.8 Å². The molecule has 0 aliphatic rings. The van der Waals surface area contributed by atoms with Gasteiger partial charge in [-0.2, -0.15) is 30.7 Å². The standard InChI is InChI=1S/C36H36F7N3O8/c37-34(38,35(39,40)36(41,42)43)16-5-19-53-33(50)46-28-11-9-24(10-12-28)32(49)54-29-13-6-23(7-14-29)8-15-30(47)51-17-3-1-2-4-18-52-31(48)25-20-26(44)22-27(45)21-25/h6-15,20-22H,1-5,16-19,44-45H2,(H,46,50). The van der Waals surface area contributed by atoms with Crippen molar-refractivity contribution in [2.45, 2.75) is 56.5 Å². The number of hydrogen-bond acceptors (Lipinski definition) is 10. The van der Waals surface area contributed by atoms with Gasteiger partial charge in [0.2, 0.25) is 0 Å². The maximum atomic E-state index is 13.3. The zero-order chi connectivity index (χ0) is 39.9. The number of alkyl halides is 7. The van der Waals surface area contributed by atoms with E-state index in [9.17, 15) is 49.9 Å². The average molecular weight is 772 g/mol. The number of nitrogens with one attached hydrogen (secondary N) is 1. The fraction of sp³-hybridized carbons (Fsp3) is 0.333. The van der Waals surface area contributed by atoms with Crippen molar-refractivity contribution in [2.24, 2.45) is 0 Å². The van der Waals surface area contributed by atoms with Crippen molar-refractivity contribution >= 4 is 47.1 Å². The number of ether oxygens (including phenoxy) is 4. The van der Waals surface area contributed by atoms with E-state index in [1.54, 1.807) is 12.1 Å². The van der Waals surface area contributed by atoms with Gasteiger partial charge >= 0.3 is 42.0 Å². The maximum absolute atomic E-state index is 13.3. The number of esters is 3. The fourth-order valence-electron chi connectivity index (χ4n) is 4.47. The molecule has 54 heavy (non-hydrogen) atoms. The summed E-state index contributed by atoms with van der Waals surface area (Å²) in [7, 11) is 0. The minimum Gasteiger partial charge on any atom is -0.463 e. The van der Waals surface area contributed by atoms with Gasteiger partial charge in [0, 0.05) is 29.6 Å². The number of unbranched alkanes of at least 4 members (excludes halogenated alkanes) is 3. The van der Waals surface area contributed by atoms with Crippen LogP contribution in [0.3, 0.4) is 0 Å². The predicted octanol–water partition coefficient (Wildman–Crippen LogP) is 8.21. The van der Waals surface area contributed by atoms with Crippen LogP contribution >= 0.6 is 0 Å². The number of rotatable bonds is 18. The molecule has 292 valence electrons. The summed E-state index contributed by atoms with van der Waals surface area (Å²) in [6.07, 6.45) is -5.00. The Bertz CT molecular complexity index is 1750. The lowest BCUT2D eigenvalue weighted by Gasteiger charge is -2.28. The number of benzene rings is 3. The zero-order valence-electron chi connectivity index (χ0n) is 28.4. The molecule has 0 aliphatic heterocycles. The first kappa shape index (κ1) is 42.6. The highest BCUT2D eigenvalue weighted by atomic mass is 19.4. The summed E-state index contributed by atoms with van der Waals surface area (Å²) in [5.74, 6) is -13.3. The molecule has 0 heterocycles. The molecule has 3 aromatic rings. The summed E-state index contributed by atoms with van der Waals surface area (Å²) < 4.78 is 109. The van der Waals surface area contributed by atoms with Gasteiger partial charge in [0.1, 0.15) is 5.75 Å². The number of nitrogen functional groups attached to an aromatic ring is 2. The summed E-state index contributed by atoms with van der Waals surface area (Å²) >= 11 is 0. The molecule has 0 aliphatic carbocycles. The van der Waals surface area contributed by atoms with Gasteiger partial charge in [0.15, 0.2) is 0 Å². The van der Waals surface area contributed by atoms with Crippen LogP contribution in [0.5, 0.6) is 5.75 Å². The summed E-state index contributed by atoms with van der Waals surface area (Å²) in [6.45, 7) is -0.442. The lowest BCUT2D eigenvalue weighted by molar-refractivity contribution is -0.355. The van der Waals surface area contributed by atoms with Crippen LogP contribution in [0.15, 0.2) is 72.8 Å². The molecule has 0 saturated heterocycles. The van der Waals surface area contributed by atoms with Gasteiger partial charge in [-0.1, -0.05) is 12.1 Å². The third kappa shape index (κ3) is 13.3. The predicted molar refractivity (Wildman–Crippen MR) is 182 cm³/mol. The van der Waals surface area contributed by atoms with Crippen molar-refractivity contribution in [3.8, 4) is 5.75 Å². The lowest BCUT2D eigenvalue weighted by Crippen LogP contribution is -2.51. The SMILES string of the molecule is Nc1cc(N)cc(C(=O)OCCCCCCOC(=O)C=Cc2ccc(OC(=O)c3ccc(NC(=O)OCCCC(F)(F)C(F)(F)C(F)(F)F)cc3)cc2)c1. The third-order valence-electron chi connectivity index (χ3n) is 7.28. The number of amides is 1. The molecule has 0 fully saturated rings. The number of hydrogen-bond donors (Lipinski definition) is 3. The quantitative estimate of drug-likeness (QED) is 0.0218. The minimum atomic E-state index is -6.45. The number of halogens is 7. The summed E-state index contributed by atoms with van der Waals surface area (Å²) in [5.41, 5.74) is 13.1. The molecule has 0 bridgehead atoms. The molecule has 0 atom stereocenters. The van der Waals surface area contributed by atoms with Gasteiger partial charge in [-0.3, -0.25) is 5.32 Å². The smallest absolute Gasteiger partial charge is 0.459 e. The molecule has 0 saturated carbocycles. The first-order valence-electron chi connectivity index (χ1n) is 16.2. The molecule has 0 spiro atoms. The van der Waals surface area contributed by atoms with Gasteiger partial charge in [-0.05, 0) is 98.3 Å². The molecule has 5 N–H and O–H groups in total. The van der Waals surface area contributed by atoms with Crippen LogP contribution in [0, 0.1) is 0 Å². The van der Waals surface area contributed by atoms with Crippen molar-refractivity contribution in [3.63, 3.8) is 0 Å². The van der Waals surface area contributed by atoms with Crippen LogP contribution in [0.4, 0.5) is 52.6 Å². The van der Waals surface area contributed by atoms with Crippen molar-refractivity contribution in [2.75, 3.05) is 36.6 Å². The van der Waals surface area contributed by atoms with E-state index in [2.05, 4.69) is 10.1 Å². The molecule has 1 amide bonds. The molecule has 3 rings (SSSR count). The Hall–Kier alpha value is -5.81. The van der Waals surface area contributed by atoms with Crippen LogP contribution in [0.25, 0.3) is 6.08 Å². The van der Waals surface area contributed by atoms with E-state index in [4.69, 9.17) is 25.7 Å². The lowest BCUT2D eigenvalue weighted by atomic mass is 10.1. The summed E-state index contributed by atoms with van der Waals surface area (Å²) in [4.78, 5) is 48.5. The largest absolute Gasteiger partial charge is 0.463 e. The van der Waals surface area contributed by atoms with Crippen LogP contribution < -0.4 is 21.5 Å². The summed E-state index contributed by atoms with van der Waals surface area (Å²) in [6, 6.07) is 15.7. The van der Waals surface area contributed by atoms with Crippen LogP contribution in [0.2, 0.25) is 0 Å². The Morgan fingerprint density at radius 1 is 0.648 bits per heavy atom. The van der Waals surface area contributed by atoms with Crippen LogP contribution in [0.1, 0.15) is 64.8 Å². The molecule has 18 heteroatoms. The topological polar surface area (TPSA) is 169 Å². The number of anilines is 3. The van der Waals surface area contributed by atoms with E-state index in [1.807, 2.05) is 0 Å². The van der Waals surface area contributed by atoms with Crippen molar-refractivity contribution in [3.05, 3.63) is 89.5 Å². The number of carbonyl (C=O) groups excluding carboxylic acids is 4. The van der Waals surface area contributed by atoms with Crippen molar-refractivity contribution < 1.29 is 68.9 Å². The Labute approximate surface area is 304 Å². The zero-order valence-corrected chi connectivity index (χ0v) is 28.4. The van der Waals surface area contributed by atoms with E-state index < -0.39 is 61.5 Å². The molecule has 11 nitrogen and oxygen atoms in total. The van der Waals surface area contributed by atoms with Gasteiger partial charge in [-0.15, -0.1) is 0 Å². The Balaban J connectivity index is 1.30. The third-order valence-corrected chi connectivity index (χ3v) is 7.28.